The molecule has 2 aromatic heterocycles. The lowest BCUT2D eigenvalue weighted by atomic mass is 10.6. The van der Waals surface area contributed by atoms with Crippen molar-refractivity contribution in [3.8, 4) is 0 Å². The van der Waals surface area contributed by atoms with Crippen LogP contribution in [0.25, 0.3) is 10.3 Å². The van der Waals surface area contributed by atoms with Gasteiger partial charge in [-0.25, -0.2) is 9.97 Å². The first-order valence-electron chi connectivity index (χ1n) is 2.87. The minimum Gasteiger partial charge on any atom is -0.375 e. The summed E-state index contributed by atoms with van der Waals surface area (Å²) in [7, 11) is 0. The molecule has 0 unspecified atom stereocenters. The molecule has 0 saturated heterocycles. The Hall–Kier alpha value is -1.43. The number of rotatable bonds is 0. The van der Waals surface area contributed by atoms with Gasteiger partial charge in [0.15, 0.2) is 10.8 Å². The van der Waals surface area contributed by atoms with Crippen LogP contribution in [0.5, 0.6) is 0 Å². The topological polar surface area (TPSA) is 84.7 Å². The molecular weight excluding hydrogens is 164 g/mol. The van der Waals surface area contributed by atoms with Crippen LogP contribution in [-0.4, -0.2) is 15.0 Å². The number of thiazole rings is 1. The Morgan fingerprint density at radius 2 is 2.45 bits per heavy atom. The Morgan fingerprint density at radius 1 is 1.64 bits per heavy atom. The maximum Gasteiger partial charge on any atom is 0.270 e. The third-order valence-electron chi connectivity index (χ3n) is 1.21. The molecule has 2 rings (SSSR count). The summed E-state index contributed by atoms with van der Waals surface area (Å²) in [5.41, 5.74) is 5.60. The van der Waals surface area contributed by atoms with Crippen molar-refractivity contribution in [3.05, 3.63) is 16.7 Å². The number of aromatic amines is 1. The lowest BCUT2D eigenvalue weighted by Crippen LogP contribution is -2.03. The third kappa shape index (κ3) is 0.874. The first-order valence-corrected chi connectivity index (χ1v) is 3.69. The summed E-state index contributed by atoms with van der Waals surface area (Å²) in [5, 5.41) is 0.365. The van der Waals surface area contributed by atoms with E-state index in [1.54, 1.807) is 0 Å². The molecule has 56 valence electrons. The molecule has 0 aromatic carbocycles. The van der Waals surface area contributed by atoms with E-state index in [0.29, 0.717) is 15.5 Å². The molecule has 0 radical (unpaired) electrons. The number of fused-ring (bicyclic) bond motifs is 1. The predicted octanol–water partition coefficient (Wildman–Crippen LogP) is -0.0382. The number of nitrogens with zero attached hydrogens (tertiary/aromatic N) is 2. The van der Waals surface area contributed by atoms with Crippen LogP contribution in [0.2, 0.25) is 0 Å². The summed E-state index contributed by atoms with van der Waals surface area (Å²) in [4.78, 5) is 21.1. The zero-order valence-corrected chi connectivity index (χ0v) is 6.18. The standard InChI is InChI=1S/C5H4N4OS/c6-5-9-3-2(11-5)4(10)8-1-7-3/h1H,(H3,6,7,8,9,10). The van der Waals surface area contributed by atoms with Gasteiger partial charge in [0.25, 0.3) is 5.56 Å². The van der Waals surface area contributed by atoms with E-state index < -0.39 is 0 Å². The van der Waals surface area contributed by atoms with Crippen molar-refractivity contribution in [2.24, 2.45) is 0 Å². The van der Waals surface area contributed by atoms with Gasteiger partial charge in [-0.05, 0) is 0 Å². The Kier molecular flexibility index (Phi) is 1.16. The second-order valence-electron chi connectivity index (χ2n) is 1.94. The molecule has 0 aliphatic heterocycles. The SMILES string of the molecule is Nc1nc2nc[nH]c(=O)c2s1. The van der Waals surface area contributed by atoms with Crippen LogP contribution in [0, 0.1) is 0 Å². The van der Waals surface area contributed by atoms with Gasteiger partial charge in [-0.1, -0.05) is 11.3 Å². The van der Waals surface area contributed by atoms with Gasteiger partial charge in [0, 0.05) is 0 Å². The Labute approximate surface area is 64.9 Å². The van der Waals surface area contributed by atoms with Crippen molar-refractivity contribution < 1.29 is 0 Å². The second-order valence-corrected chi connectivity index (χ2v) is 2.97. The monoisotopic (exact) mass is 168 g/mol. The van der Waals surface area contributed by atoms with Gasteiger partial charge in [0.2, 0.25) is 0 Å². The highest BCUT2D eigenvalue weighted by molar-refractivity contribution is 7.21. The van der Waals surface area contributed by atoms with Crippen molar-refractivity contribution in [1.82, 2.24) is 15.0 Å². The second kappa shape index (κ2) is 2.03. The lowest BCUT2D eigenvalue weighted by Gasteiger charge is -1.80. The van der Waals surface area contributed by atoms with Gasteiger partial charge in [-0.15, -0.1) is 0 Å². The van der Waals surface area contributed by atoms with Gasteiger partial charge in [-0.2, -0.15) is 0 Å². The molecule has 0 spiro atoms. The molecule has 0 bridgehead atoms. The number of nitrogen functional groups attached to an aromatic ring is 1. The molecule has 0 amide bonds. The molecule has 0 aliphatic rings. The molecule has 0 atom stereocenters. The maximum atomic E-state index is 11.0. The average Bonchev–Trinajstić information content (AvgIpc) is 2.31. The van der Waals surface area contributed by atoms with E-state index in [9.17, 15) is 4.79 Å². The molecular formula is C5H4N4OS. The van der Waals surface area contributed by atoms with Crippen LogP contribution in [0.3, 0.4) is 0 Å². The fraction of sp³-hybridized carbons (Fsp3) is 0. The summed E-state index contributed by atoms with van der Waals surface area (Å²) in [6.07, 6.45) is 1.31. The summed E-state index contributed by atoms with van der Waals surface area (Å²) < 4.78 is 0.477. The van der Waals surface area contributed by atoms with Crippen LogP contribution in [0.1, 0.15) is 0 Å². The summed E-state index contributed by atoms with van der Waals surface area (Å²) in [6, 6.07) is 0. The molecule has 0 saturated carbocycles. The quantitative estimate of drug-likeness (QED) is 0.578. The number of hydrogen-bond donors (Lipinski definition) is 2. The Bertz CT molecular complexity index is 445. The number of nitrogens with two attached hydrogens (primary N) is 1. The van der Waals surface area contributed by atoms with Crippen molar-refractivity contribution in [3.63, 3.8) is 0 Å². The summed E-state index contributed by atoms with van der Waals surface area (Å²) in [6.45, 7) is 0. The van der Waals surface area contributed by atoms with Crippen molar-refractivity contribution >= 4 is 26.8 Å². The van der Waals surface area contributed by atoms with E-state index in [2.05, 4.69) is 15.0 Å². The van der Waals surface area contributed by atoms with E-state index >= 15 is 0 Å². The molecule has 6 heteroatoms. The van der Waals surface area contributed by atoms with Crippen molar-refractivity contribution in [1.29, 1.82) is 0 Å². The fourth-order valence-corrected chi connectivity index (χ4v) is 1.46. The highest BCUT2D eigenvalue weighted by Crippen LogP contribution is 2.16. The predicted molar refractivity (Wildman–Crippen MR) is 42.4 cm³/mol. The van der Waals surface area contributed by atoms with Crippen molar-refractivity contribution in [2.45, 2.75) is 0 Å². The van der Waals surface area contributed by atoms with E-state index in [-0.39, 0.29) is 5.56 Å². The summed E-state index contributed by atoms with van der Waals surface area (Å²) >= 11 is 1.14. The molecule has 5 nitrogen and oxygen atoms in total. The van der Waals surface area contributed by atoms with Gasteiger partial charge in [-0.3, -0.25) is 4.79 Å². The first kappa shape index (κ1) is 6.29. The van der Waals surface area contributed by atoms with Gasteiger partial charge in [0.05, 0.1) is 6.33 Å². The maximum absolute atomic E-state index is 11.0. The number of nitrogens with one attached hydrogen (secondary N) is 1. The van der Waals surface area contributed by atoms with Crippen LogP contribution < -0.4 is 11.3 Å². The van der Waals surface area contributed by atoms with E-state index in [1.807, 2.05) is 0 Å². The molecule has 2 aromatic rings. The third-order valence-corrected chi connectivity index (χ3v) is 2.09. The lowest BCUT2D eigenvalue weighted by molar-refractivity contribution is 1.16. The van der Waals surface area contributed by atoms with Crippen molar-refractivity contribution in [2.75, 3.05) is 5.73 Å². The number of hydrogen-bond acceptors (Lipinski definition) is 5. The number of anilines is 1. The number of H-pyrrole nitrogens is 1. The highest BCUT2D eigenvalue weighted by atomic mass is 32.1. The van der Waals surface area contributed by atoms with Crippen LogP contribution in [-0.2, 0) is 0 Å². The van der Waals surface area contributed by atoms with E-state index in [0.717, 1.165) is 11.3 Å². The van der Waals surface area contributed by atoms with E-state index in [4.69, 9.17) is 5.73 Å². The zero-order chi connectivity index (χ0) is 7.84. The van der Waals surface area contributed by atoms with Gasteiger partial charge < -0.3 is 10.7 Å². The van der Waals surface area contributed by atoms with Gasteiger partial charge >= 0.3 is 0 Å². The fourth-order valence-electron chi connectivity index (χ4n) is 0.781. The van der Waals surface area contributed by atoms with Crippen LogP contribution in [0.4, 0.5) is 5.13 Å². The Balaban J connectivity index is 3.02. The normalized spacial score (nSPS) is 10.5. The largest absolute Gasteiger partial charge is 0.375 e. The molecule has 11 heavy (non-hydrogen) atoms. The highest BCUT2D eigenvalue weighted by Gasteiger charge is 2.03. The average molecular weight is 168 g/mol. The smallest absolute Gasteiger partial charge is 0.270 e. The zero-order valence-electron chi connectivity index (χ0n) is 5.37. The van der Waals surface area contributed by atoms with Crippen LogP contribution in [0.15, 0.2) is 11.1 Å². The molecule has 3 N–H and O–H groups in total. The van der Waals surface area contributed by atoms with Gasteiger partial charge in [0.1, 0.15) is 4.70 Å². The summed E-state index contributed by atoms with van der Waals surface area (Å²) in [5.74, 6) is 0. The molecule has 0 fully saturated rings. The minimum atomic E-state index is -0.191. The first-order chi connectivity index (χ1) is 5.27. The molecule has 0 aliphatic carbocycles. The van der Waals surface area contributed by atoms with Crippen LogP contribution >= 0.6 is 11.3 Å². The Morgan fingerprint density at radius 3 is 3.18 bits per heavy atom. The number of aromatic nitrogens is 3. The minimum absolute atomic E-state index is 0.191. The molecule has 2 heterocycles. The van der Waals surface area contributed by atoms with E-state index in [1.165, 1.54) is 6.33 Å².